The number of hydrogen-bond acceptors (Lipinski definition) is 4. The highest BCUT2D eigenvalue weighted by atomic mass is 35.5. The summed E-state index contributed by atoms with van der Waals surface area (Å²) < 4.78 is 10.3. The molecular formula is C16H18ClNO4. The zero-order chi connectivity index (χ0) is 16.4. The van der Waals surface area contributed by atoms with E-state index in [0.717, 1.165) is 5.39 Å². The number of esters is 1. The van der Waals surface area contributed by atoms with Gasteiger partial charge in [0.1, 0.15) is 6.04 Å². The summed E-state index contributed by atoms with van der Waals surface area (Å²) in [6.45, 7) is 5.42. The van der Waals surface area contributed by atoms with Crippen LogP contribution in [0.5, 0.6) is 0 Å². The standard InChI is InChI=1S/C16H18ClNO4/c1-8(2)12(16(20)21-4)18-15(19)13-9(3)10-6-5-7-11(17)14(10)22-13/h5-8,12H,1-4H3,(H,18,19). The molecule has 0 radical (unpaired) electrons. The predicted molar refractivity (Wildman–Crippen MR) is 84.1 cm³/mol. The molecular weight excluding hydrogens is 306 g/mol. The van der Waals surface area contributed by atoms with Crippen molar-refractivity contribution in [2.75, 3.05) is 7.11 Å². The summed E-state index contributed by atoms with van der Waals surface area (Å²) in [5, 5.41) is 3.87. The van der Waals surface area contributed by atoms with E-state index in [0.29, 0.717) is 16.2 Å². The lowest BCUT2D eigenvalue weighted by atomic mass is 10.0. The van der Waals surface area contributed by atoms with Crippen molar-refractivity contribution in [3.63, 3.8) is 0 Å². The SMILES string of the molecule is COC(=O)C(NC(=O)c1oc2c(Cl)cccc2c1C)C(C)C. The normalized spacial score (nSPS) is 12.5. The quantitative estimate of drug-likeness (QED) is 0.876. The molecule has 0 bridgehead atoms. The molecule has 1 aromatic heterocycles. The van der Waals surface area contributed by atoms with E-state index in [1.54, 1.807) is 19.1 Å². The van der Waals surface area contributed by atoms with Gasteiger partial charge in [-0.15, -0.1) is 0 Å². The molecule has 22 heavy (non-hydrogen) atoms. The third-order valence-corrected chi connectivity index (χ3v) is 3.83. The maximum atomic E-state index is 12.4. The van der Waals surface area contributed by atoms with Gasteiger partial charge in [0.2, 0.25) is 0 Å². The number of fused-ring (bicyclic) bond motifs is 1. The van der Waals surface area contributed by atoms with Gasteiger partial charge in [-0.05, 0) is 18.9 Å². The number of amides is 1. The highest BCUT2D eigenvalue weighted by molar-refractivity contribution is 6.35. The summed E-state index contributed by atoms with van der Waals surface area (Å²) in [4.78, 5) is 24.2. The van der Waals surface area contributed by atoms with Crippen molar-refractivity contribution in [2.45, 2.75) is 26.8 Å². The summed E-state index contributed by atoms with van der Waals surface area (Å²) >= 11 is 6.08. The fourth-order valence-electron chi connectivity index (χ4n) is 2.26. The number of carbonyl (C=O) groups excluding carboxylic acids is 2. The number of ether oxygens (including phenoxy) is 1. The lowest BCUT2D eigenvalue weighted by molar-refractivity contribution is -0.144. The molecule has 2 rings (SSSR count). The van der Waals surface area contributed by atoms with Crippen LogP contribution in [0.4, 0.5) is 0 Å². The van der Waals surface area contributed by atoms with E-state index in [2.05, 4.69) is 5.32 Å². The van der Waals surface area contributed by atoms with Crippen molar-refractivity contribution >= 4 is 34.4 Å². The first-order chi connectivity index (χ1) is 10.4. The number of halogens is 1. The zero-order valence-electron chi connectivity index (χ0n) is 12.9. The maximum Gasteiger partial charge on any atom is 0.328 e. The van der Waals surface area contributed by atoms with Gasteiger partial charge in [0.25, 0.3) is 5.91 Å². The average molecular weight is 324 g/mol. The third-order valence-electron chi connectivity index (χ3n) is 3.53. The van der Waals surface area contributed by atoms with Crippen LogP contribution in [0.15, 0.2) is 22.6 Å². The summed E-state index contributed by atoms with van der Waals surface area (Å²) in [7, 11) is 1.29. The Morgan fingerprint density at radius 1 is 1.32 bits per heavy atom. The highest BCUT2D eigenvalue weighted by Gasteiger charge is 2.28. The molecule has 0 spiro atoms. The minimum Gasteiger partial charge on any atom is -0.467 e. The van der Waals surface area contributed by atoms with Crippen LogP contribution in [-0.4, -0.2) is 25.0 Å². The number of para-hydroxylation sites is 1. The minimum absolute atomic E-state index is 0.107. The monoisotopic (exact) mass is 323 g/mol. The molecule has 5 nitrogen and oxygen atoms in total. The zero-order valence-corrected chi connectivity index (χ0v) is 13.7. The molecule has 0 aliphatic heterocycles. The Morgan fingerprint density at radius 3 is 2.55 bits per heavy atom. The molecule has 1 amide bonds. The Labute approximate surface area is 133 Å². The first-order valence-corrected chi connectivity index (χ1v) is 7.31. The van der Waals surface area contributed by atoms with Crippen LogP contribution >= 0.6 is 11.6 Å². The summed E-state index contributed by atoms with van der Waals surface area (Å²) in [5.41, 5.74) is 1.15. The Bertz CT molecular complexity index is 720. The number of hydrogen-bond donors (Lipinski definition) is 1. The van der Waals surface area contributed by atoms with Gasteiger partial charge in [-0.1, -0.05) is 37.6 Å². The second-order valence-corrected chi connectivity index (χ2v) is 5.80. The van der Waals surface area contributed by atoms with E-state index in [-0.39, 0.29) is 11.7 Å². The Morgan fingerprint density at radius 2 is 2.00 bits per heavy atom. The molecule has 6 heteroatoms. The van der Waals surface area contributed by atoms with Gasteiger partial charge in [0.15, 0.2) is 11.3 Å². The third kappa shape index (κ3) is 2.95. The van der Waals surface area contributed by atoms with E-state index in [1.807, 2.05) is 19.9 Å². The number of benzene rings is 1. The molecule has 0 aliphatic rings. The van der Waals surface area contributed by atoms with E-state index >= 15 is 0 Å². The molecule has 0 fully saturated rings. The number of methoxy groups -OCH3 is 1. The van der Waals surface area contributed by atoms with E-state index in [4.69, 9.17) is 20.8 Å². The fraction of sp³-hybridized carbons (Fsp3) is 0.375. The molecule has 0 aliphatic carbocycles. The molecule has 1 heterocycles. The first-order valence-electron chi connectivity index (χ1n) is 6.93. The van der Waals surface area contributed by atoms with Crippen molar-refractivity contribution in [2.24, 2.45) is 5.92 Å². The fourth-order valence-corrected chi connectivity index (χ4v) is 2.47. The van der Waals surface area contributed by atoms with Crippen LogP contribution in [0.1, 0.15) is 30.0 Å². The number of nitrogens with one attached hydrogen (secondary N) is 1. The van der Waals surface area contributed by atoms with Gasteiger partial charge in [-0.2, -0.15) is 0 Å². The summed E-state index contributed by atoms with van der Waals surface area (Å²) in [6, 6.07) is 4.58. The van der Waals surface area contributed by atoms with Gasteiger partial charge in [0.05, 0.1) is 12.1 Å². The van der Waals surface area contributed by atoms with Gasteiger partial charge in [0, 0.05) is 10.9 Å². The topological polar surface area (TPSA) is 68.5 Å². The van der Waals surface area contributed by atoms with Gasteiger partial charge < -0.3 is 14.5 Å². The smallest absolute Gasteiger partial charge is 0.328 e. The average Bonchev–Trinajstić information content (AvgIpc) is 2.82. The number of aryl methyl sites for hydroxylation is 1. The molecule has 0 saturated heterocycles. The number of carbonyl (C=O) groups is 2. The first kappa shape index (κ1) is 16.4. The van der Waals surface area contributed by atoms with Gasteiger partial charge in [-0.25, -0.2) is 4.79 Å². The van der Waals surface area contributed by atoms with Crippen LogP contribution < -0.4 is 5.32 Å². The summed E-state index contributed by atoms with van der Waals surface area (Å²) in [5.74, 6) is -0.911. The second-order valence-electron chi connectivity index (χ2n) is 5.39. The minimum atomic E-state index is -0.736. The van der Waals surface area contributed by atoms with Gasteiger partial charge >= 0.3 is 5.97 Å². The lowest BCUT2D eigenvalue weighted by Gasteiger charge is -2.19. The largest absolute Gasteiger partial charge is 0.467 e. The van der Waals surface area contributed by atoms with Crippen molar-refractivity contribution in [1.82, 2.24) is 5.32 Å². The Kier molecular flexibility index (Phi) is 4.76. The van der Waals surface area contributed by atoms with Crippen molar-refractivity contribution in [1.29, 1.82) is 0 Å². The number of furan rings is 1. The van der Waals surface area contributed by atoms with Crippen LogP contribution in [0.25, 0.3) is 11.0 Å². The van der Waals surface area contributed by atoms with Crippen molar-refractivity contribution < 1.29 is 18.7 Å². The predicted octanol–water partition coefficient (Wildman–Crippen LogP) is 3.32. The van der Waals surface area contributed by atoms with E-state index < -0.39 is 17.9 Å². The molecule has 1 atom stereocenters. The van der Waals surface area contributed by atoms with E-state index in [1.165, 1.54) is 7.11 Å². The van der Waals surface area contributed by atoms with Crippen molar-refractivity contribution in [3.8, 4) is 0 Å². The number of rotatable bonds is 4. The van der Waals surface area contributed by atoms with Crippen LogP contribution in [0.2, 0.25) is 5.02 Å². The molecule has 1 aromatic carbocycles. The molecule has 1 unspecified atom stereocenters. The van der Waals surface area contributed by atoms with Gasteiger partial charge in [-0.3, -0.25) is 4.79 Å². The summed E-state index contributed by atoms with van der Waals surface area (Å²) in [6.07, 6.45) is 0. The molecule has 0 saturated carbocycles. The van der Waals surface area contributed by atoms with E-state index in [9.17, 15) is 9.59 Å². The Hall–Kier alpha value is -2.01. The van der Waals surface area contributed by atoms with Crippen LogP contribution in [-0.2, 0) is 9.53 Å². The second kappa shape index (κ2) is 6.40. The molecule has 118 valence electrons. The molecule has 2 aromatic rings. The van der Waals surface area contributed by atoms with Crippen LogP contribution in [0, 0.1) is 12.8 Å². The molecule has 1 N–H and O–H groups in total. The van der Waals surface area contributed by atoms with Crippen LogP contribution in [0.3, 0.4) is 0 Å². The lowest BCUT2D eigenvalue weighted by Crippen LogP contribution is -2.45. The highest BCUT2D eigenvalue weighted by Crippen LogP contribution is 2.30. The Balaban J connectivity index is 2.35. The maximum absolute atomic E-state index is 12.4. The van der Waals surface area contributed by atoms with Crippen molar-refractivity contribution in [3.05, 3.63) is 34.5 Å².